The lowest BCUT2D eigenvalue weighted by Crippen LogP contribution is -2.37. The smallest absolute Gasteiger partial charge is 0.268 e. The largest absolute Gasteiger partial charge is 0.348 e. The summed E-state index contributed by atoms with van der Waals surface area (Å²) in [4.78, 5) is 12.5. The Labute approximate surface area is 127 Å². The van der Waals surface area contributed by atoms with Crippen LogP contribution in [-0.4, -0.2) is 23.1 Å². The Morgan fingerprint density at radius 1 is 1.14 bits per heavy atom. The number of hydrogen-bond donors (Lipinski definition) is 2. The molecule has 1 aliphatic carbocycles. The van der Waals surface area contributed by atoms with Crippen molar-refractivity contribution in [3.05, 3.63) is 23.5 Å². The van der Waals surface area contributed by atoms with Gasteiger partial charge in [-0.1, -0.05) is 25.7 Å². The number of amides is 1. The van der Waals surface area contributed by atoms with E-state index < -0.39 is 0 Å². The molecule has 2 heterocycles. The van der Waals surface area contributed by atoms with Crippen LogP contribution in [0.2, 0.25) is 0 Å². The molecule has 116 valence electrons. The monoisotopic (exact) mass is 289 g/mol. The van der Waals surface area contributed by atoms with E-state index in [1.165, 1.54) is 44.2 Å². The van der Waals surface area contributed by atoms with Crippen molar-refractivity contribution >= 4 is 5.91 Å². The molecule has 0 aromatic carbocycles. The van der Waals surface area contributed by atoms with Gasteiger partial charge in [0.2, 0.25) is 0 Å². The maximum absolute atomic E-state index is 12.5. The maximum Gasteiger partial charge on any atom is 0.268 e. The summed E-state index contributed by atoms with van der Waals surface area (Å²) >= 11 is 0. The van der Waals surface area contributed by atoms with Gasteiger partial charge in [0.05, 0.1) is 0 Å². The molecule has 1 amide bonds. The molecule has 3 rings (SSSR count). The highest BCUT2D eigenvalue weighted by Crippen LogP contribution is 2.24. The molecule has 0 bridgehead atoms. The molecule has 2 fully saturated rings. The quantitative estimate of drug-likeness (QED) is 0.899. The predicted molar refractivity (Wildman–Crippen MR) is 84.3 cm³/mol. The van der Waals surface area contributed by atoms with Gasteiger partial charge in [0, 0.05) is 24.8 Å². The summed E-state index contributed by atoms with van der Waals surface area (Å²) in [6.07, 6.45) is 9.77. The van der Waals surface area contributed by atoms with Crippen LogP contribution in [0.4, 0.5) is 0 Å². The molecular formula is C17H27N3O. The van der Waals surface area contributed by atoms with E-state index in [1.54, 1.807) is 0 Å². The zero-order valence-corrected chi connectivity index (χ0v) is 13.0. The van der Waals surface area contributed by atoms with E-state index >= 15 is 0 Å². The van der Waals surface area contributed by atoms with Crippen molar-refractivity contribution in [2.45, 2.75) is 63.5 Å². The summed E-state index contributed by atoms with van der Waals surface area (Å²) in [7, 11) is 2.02. The van der Waals surface area contributed by atoms with Crippen LogP contribution in [0.5, 0.6) is 0 Å². The van der Waals surface area contributed by atoms with E-state index in [4.69, 9.17) is 0 Å². The van der Waals surface area contributed by atoms with E-state index in [0.717, 1.165) is 25.1 Å². The number of piperidine rings is 1. The highest BCUT2D eigenvalue weighted by molar-refractivity contribution is 5.93. The van der Waals surface area contributed by atoms with E-state index in [0.29, 0.717) is 12.1 Å². The van der Waals surface area contributed by atoms with Gasteiger partial charge < -0.3 is 15.2 Å². The third-order valence-electron chi connectivity index (χ3n) is 5.00. The van der Waals surface area contributed by atoms with Crippen molar-refractivity contribution in [3.8, 4) is 0 Å². The van der Waals surface area contributed by atoms with Crippen molar-refractivity contribution in [2.24, 2.45) is 7.05 Å². The second kappa shape index (κ2) is 6.65. The zero-order chi connectivity index (χ0) is 14.7. The van der Waals surface area contributed by atoms with Gasteiger partial charge >= 0.3 is 0 Å². The third-order valence-corrected chi connectivity index (χ3v) is 5.00. The Hall–Kier alpha value is -1.29. The van der Waals surface area contributed by atoms with Gasteiger partial charge in [-0.3, -0.25) is 4.79 Å². The summed E-state index contributed by atoms with van der Waals surface area (Å²) in [5.74, 6) is 0.0893. The first kappa shape index (κ1) is 14.6. The van der Waals surface area contributed by atoms with Crippen LogP contribution in [0.25, 0.3) is 0 Å². The van der Waals surface area contributed by atoms with Gasteiger partial charge in [-0.2, -0.15) is 0 Å². The minimum Gasteiger partial charge on any atom is -0.348 e. The molecule has 1 aromatic rings. The second-order valence-corrected chi connectivity index (χ2v) is 6.51. The number of nitrogens with one attached hydrogen (secondary N) is 2. The van der Waals surface area contributed by atoms with Crippen LogP contribution in [0.3, 0.4) is 0 Å². The highest BCUT2D eigenvalue weighted by Gasteiger charge is 2.22. The molecule has 21 heavy (non-hydrogen) atoms. The number of carbonyl (C=O) groups is 1. The third kappa shape index (κ3) is 3.31. The fourth-order valence-electron chi connectivity index (χ4n) is 3.72. The molecule has 4 nitrogen and oxygen atoms in total. The van der Waals surface area contributed by atoms with Gasteiger partial charge in [0.15, 0.2) is 0 Å². The van der Waals surface area contributed by atoms with E-state index in [2.05, 4.69) is 21.3 Å². The first-order valence-corrected chi connectivity index (χ1v) is 8.45. The van der Waals surface area contributed by atoms with Crippen LogP contribution in [-0.2, 0) is 7.05 Å². The summed E-state index contributed by atoms with van der Waals surface area (Å²) in [5, 5.41) is 6.77. The van der Waals surface area contributed by atoms with Gasteiger partial charge in [0.1, 0.15) is 5.69 Å². The number of aromatic nitrogens is 1. The Balaban J connectivity index is 1.67. The molecule has 1 saturated carbocycles. The summed E-state index contributed by atoms with van der Waals surface area (Å²) in [5.41, 5.74) is 2.03. The number of carbonyl (C=O) groups excluding carboxylic acids is 1. The van der Waals surface area contributed by atoms with E-state index in [9.17, 15) is 4.79 Å². The fourth-order valence-corrected chi connectivity index (χ4v) is 3.72. The fraction of sp³-hybridized carbons (Fsp3) is 0.706. The van der Waals surface area contributed by atoms with Crippen molar-refractivity contribution in [2.75, 3.05) is 6.54 Å². The minimum absolute atomic E-state index is 0.0893. The predicted octanol–water partition coefficient (Wildman–Crippen LogP) is 2.90. The summed E-state index contributed by atoms with van der Waals surface area (Å²) in [6.45, 7) is 1.08. The van der Waals surface area contributed by atoms with Crippen LogP contribution >= 0.6 is 0 Å². The summed E-state index contributed by atoms with van der Waals surface area (Å²) < 4.78 is 2.07. The van der Waals surface area contributed by atoms with Crippen molar-refractivity contribution < 1.29 is 4.79 Å². The molecule has 1 atom stereocenters. The molecule has 1 saturated heterocycles. The average Bonchev–Trinajstić information content (AvgIpc) is 2.91. The van der Waals surface area contributed by atoms with Gasteiger partial charge in [-0.05, 0) is 44.4 Å². The molecule has 2 N–H and O–H groups in total. The SMILES string of the molecule is Cn1c(C(=O)NC2CCCCC2)ccc1C1CCCCN1. The Bertz CT molecular complexity index is 482. The first-order chi connectivity index (χ1) is 10.3. The standard InChI is InChI=1S/C17H27N3O/c1-20-15(14-9-5-6-12-18-14)10-11-16(20)17(21)19-13-7-3-2-4-8-13/h10-11,13-14,18H,2-9,12H2,1H3,(H,19,21). The molecule has 1 unspecified atom stereocenters. The van der Waals surface area contributed by atoms with Crippen molar-refractivity contribution in [3.63, 3.8) is 0 Å². The van der Waals surface area contributed by atoms with Crippen molar-refractivity contribution in [1.29, 1.82) is 0 Å². The topological polar surface area (TPSA) is 46.1 Å². The number of hydrogen-bond acceptors (Lipinski definition) is 2. The van der Waals surface area contributed by atoms with E-state index in [-0.39, 0.29) is 5.91 Å². The van der Waals surface area contributed by atoms with E-state index in [1.807, 2.05) is 13.1 Å². The highest BCUT2D eigenvalue weighted by atomic mass is 16.2. The lowest BCUT2D eigenvalue weighted by atomic mass is 9.95. The van der Waals surface area contributed by atoms with Crippen LogP contribution in [0.1, 0.15) is 73.6 Å². The molecule has 2 aliphatic rings. The zero-order valence-electron chi connectivity index (χ0n) is 13.0. The summed E-state index contributed by atoms with van der Waals surface area (Å²) in [6, 6.07) is 4.86. The van der Waals surface area contributed by atoms with Crippen LogP contribution in [0.15, 0.2) is 12.1 Å². The van der Waals surface area contributed by atoms with Crippen molar-refractivity contribution in [1.82, 2.24) is 15.2 Å². The Morgan fingerprint density at radius 3 is 2.62 bits per heavy atom. The molecule has 1 aromatic heterocycles. The second-order valence-electron chi connectivity index (χ2n) is 6.51. The molecule has 1 aliphatic heterocycles. The minimum atomic E-state index is 0.0893. The lowest BCUT2D eigenvalue weighted by Gasteiger charge is -2.25. The first-order valence-electron chi connectivity index (χ1n) is 8.45. The molecule has 4 heteroatoms. The number of rotatable bonds is 3. The lowest BCUT2D eigenvalue weighted by molar-refractivity contribution is 0.0919. The number of nitrogens with zero attached hydrogens (tertiary/aromatic N) is 1. The van der Waals surface area contributed by atoms with Gasteiger partial charge in [0.25, 0.3) is 5.91 Å². The Morgan fingerprint density at radius 2 is 1.90 bits per heavy atom. The average molecular weight is 289 g/mol. The maximum atomic E-state index is 12.5. The molecular weight excluding hydrogens is 262 g/mol. The van der Waals surface area contributed by atoms with Gasteiger partial charge in [-0.25, -0.2) is 0 Å². The molecule has 0 spiro atoms. The van der Waals surface area contributed by atoms with Crippen LogP contribution < -0.4 is 10.6 Å². The normalized spacial score (nSPS) is 24.0. The molecule has 0 radical (unpaired) electrons. The van der Waals surface area contributed by atoms with Crippen LogP contribution in [0, 0.1) is 0 Å². The van der Waals surface area contributed by atoms with Gasteiger partial charge in [-0.15, -0.1) is 0 Å². The Kier molecular flexibility index (Phi) is 4.63.